The number of carbonyl (C=O) groups is 1. The number of imidazole rings is 1. The Bertz CT molecular complexity index is 1050. The maximum absolute atomic E-state index is 12.4. The van der Waals surface area contributed by atoms with Gasteiger partial charge < -0.3 is 14.7 Å². The van der Waals surface area contributed by atoms with Crippen LogP contribution in [0.25, 0.3) is 22.0 Å². The molecule has 0 saturated heterocycles. The number of carbonyl (C=O) groups excluding carboxylic acids is 1. The van der Waals surface area contributed by atoms with Crippen molar-refractivity contribution in [3.8, 4) is 0 Å². The highest BCUT2D eigenvalue weighted by Crippen LogP contribution is 2.27. The smallest absolute Gasteiger partial charge is 0.287 e. The number of hydrogen-bond acceptors (Lipinski definition) is 3. The summed E-state index contributed by atoms with van der Waals surface area (Å²) in [6, 6.07) is 13.2. The van der Waals surface area contributed by atoms with E-state index < -0.39 is 0 Å². The van der Waals surface area contributed by atoms with Crippen molar-refractivity contribution in [1.29, 1.82) is 0 Å². The van der Waals surface area contributed by atoms with Crippen molar-refractivity contribution in [2.24, 2.45) is 0 Å². The van der Waals surface area contributed by atoms with Gasteiger partial charge in [-0.15, -0.1) is 0 Å². The van der Waals surface area contributed by atoms with Crippen LogP contribution in [0.15, 0.2) is 46.9 Å². The maximum Gasteiger partial charge on any atom is 0.287 e. The SMILES string of the molecule is Cc1c(C(=O)NCCc2nc3ccccc3[nH]2)oc2ccc(Cl)cc12. The number of nitrogens with one attached hydrogen (secondary N) is 2. The number of benzene rings is 2. The minimum Gasteiger partial charge on any atom is -0.451 e. The number of aromatic amines is 1. The molecule has 2 heterocycles. The van der Waals surface area contributed by atoms with Crippen molar-refractivity contribution >= 4 is 39.5 Å². The van der Waals surface area contributed by atoms with Gasteiger partial charge in [0.25, 0.3) is 5.91 Å². The Labute approximate surface area is 149 Å². The summed E-state index contributed by atoms with van der Waals surface area (Å²) < 4.78 is 5.67. The summed E-state index contributed by atoms with van der Waals surface area (Å²) in [5.74, 6) is 0.928. The van der Waals surface area contributed by atoms with Crippen molar-refractivity contribution in [3.05, 3.63) is 64.6 Å². The molecule has 0 spiro atoms. The molecule has 0 radical (unpaired) electrons. The lowest BCUT2D eigenvalue weighted by Crippen LogP contribution is -2.26. The summed E-state index contributed by atoms with van der Waals surface area (Å²) in [6.07, 6.45) is 0.617. The number of aromatic nitrogens is 2. The Morgan fingerprint density at radius 2 is 2.12 bits per heavy atom. The molecule has 0 unspecified atom stereocenters. The van der Waals surface area contributed by atoms with Gasteiger partial charge in [-0.3, -0.25) is 4.79 Å². The molecular formula is C19H16ClN3O2. The number of hydrogen-bond donors (Lipinski definition) is 2. The molecule has 0 saturated carbocycles. The fraction of sp³-hybridized carbons (Fsp3) is 0.158. The topological polar surface area (TPSA) is 70.9 Å². The number of furan rings is 1. The molecule has 6 heteroatoms. The zero-order chi connectivity index (χ0) is 17.4. The molecule has 4 aromatic rings. The average Bonchev–Trinajstić information content (AvgIpc) is 3.16. The highest BCUT2D eigenvalue weighted by Gasteiger charge is 2.17. The van der Waals surface area contributed by atoms with Crippen LogP contribution in [0.2, 0.25) is 5.02 Å². The molecule has 0 fully saturated rings. The number of nitrogens with zero attached hydrogens (tertiary/aromatic N) is 1. The molecule has 0 aliphatic heterocycles. The highest BCUT2D eigenvalue weighted by molar-refractivity contribution is 6.31. The molecule has 126 valence electrons. The minimum atomic E-state index is -0.235. The van der Waals surface area contributed by atoms with Crippen LogP contribution in [0.5, 0.6) is 0 Å². The van der Waals surface area contributed by atoms with Gasteiger partial charge in [-0.25, -0.2) is 4.98 Å². The summed E-state index contributed by atoms with van der Waals surface area (Å²) in [5.41, 5.74) is 3.37. The quantitative estimate of drug-likeness (QED) is 0.576. The Morgan fingerprint density at radius 3 is 2.96 bits per heavy atom. The number of aryl methyl sites for hydroxylation is 1. The molecule has 2 aromatic heterocycles. The Kier molecular flexibility index (Phi) is 3.93. The van der Waals surface area contributed by atoms with Crippen LogP contribution in [0, 0.1) is 6.92 Å². The summed E-state index contributed by atoms with van der Waals surface area (Å²) in [5, 5.41) is 4.36. The van der Waals surface area contributed by atoms with E-state index in [9.17, 15) is 4.79 Å². The number of fused-ring (bicyclic) bond motifs is 2. The first kappa shape index (κ1) is 15.7. The molecule has 1 amide bonds. The van der Waals surface area contributed by atoms with Crippen LogP contribution in [0.3, 0.4) is 0 Å². The second-order valence-corrected chi connectivity index (χ2v) is 6.34. The first-order valence-corrected chi connectivity index (χ1v) is 8.40. The number of amides is 1. The number of H-pyrrole nitrogens is 1. The van der Waals surface area contributed by atoms with Gasteiger partial charge in [-0.05, 0) is 37.3 Å². The second-order valence-electron chi connectivity index (χ2n) is 5.90. The van der Waals surface area contributed by atoms with E-state index >= 15 is 0 Å². The van der Waals surface area contributed by atoms with E-state index in [4.69, 9.17) is 16.0 Å². The average molecular weight is 354 g/mol. The van der Waals surface area contributed by atoms with Gasteiger partial charge in [0, 0.05) is 28.9 Å². The predicted molar refractivity (Wildman–Crippen MR) is 98.1 cm³/mol. The van der Waals surface area contributed by atoms with Crippen molar-refractivity contribution < 1.29 is 9.21 Å². The lowest BCUT2D eigenvalue weighted by atomic mass is 10.1. The third-order valence-electron chi connectivity index (χ3n) is 4.19. The fourth-order valence-corrected chi connectivity index (χ4v) is 3.08. The highest BCUT2D eigenvalue weighted by atomic mass is 35.5. The third-order valence-corrected chi connectivity index (χ3v) is 4.43. The molecule has 0 aliphatic carbocycles. The summed E-state index contributed by atoms with van der Waals surface area (Å²) >= 11 is 6.01. The van der Waals surface area contributed by atoms with Crippen molar-refractivity contribution in [3.63, 3.8) is 0 Å². The van der Waals surface area contributed by atoms with E-state index in [1.165, 1.54) is 0 Å². The lowest BCUT2D eigenvalue weighted by molar-refractivity contribution is 0.0927. The molecule has 2 aromatic carbocycles. The molecule has 5 nitrogen and oxygen atoms in total. The van der Waals surface area contributed by atoms with Crippen LogP contribution < -0.4 is 5.32 Å². The molecule has 2 N–H and O–H groups in total. The zero-order valence-corrected chi connectivity index (χ0v) is 14.4. The van der Waals surface area contributed by atoms with Crippen molar-refractivity contribution in [2.75, 3.05) is 6.54 Å². The first-order chi connectivity index (χ1) is 12.1. The predicted octanol–water partition coefficient (Wildman–Crippen LogP) is 4.24. The van der Waals surface area contributed by atoms with Crippen molar-refractivity contribution in [2.45, 2.75) is 13.3 Å². The molecule has 4 rings (SSSR count). The van der Waals surface area contributed by atoms with E-state index in [1.807, 2.05) is 31.2 Å². The Morgan fingerprint density at radius 1 is 1.28 bits per heavy atom. The minimum absolute atomic E-state index is 0.235. The van der Waals surface area contributed by atoms with Crippen LogP contribution in [0.4, 0.5) is 0 Å². The van der Waals surface area contributed by atoms with Crippen molar-refractivity contribution in [1.82, 2.24) is 15.3 Å². The van der Waals surface area contributed by atoms with Gasteiger partial charge >= 0.3 is 0 Å². The first-order valence-electron chi connectivity index (χ1n) is 8.02. The van der Waals surface area contributed by atoms with Crippen LogP contribution >= 0.6 is 11.6 Å². The van der Waals surface area contributed by atoms with Gasteiger partial charge in [0.15, 0.2) is 5.76 Å². The third kappa shape index (κ3) is 2.98. The van der Waals surface area contributed by atoms with Gasteiger partial charge in [0.1, 0.15) is 11.4 Å². The molecule has 0 bridgehead atoms. The Hall–Kier alpha value is -2.79. The van der Waals surface area contributed by atoms with E-state index in [-0.39, 0.29) is 5.91 Å². The van der Waals surface area contributed by atoms with E-state index in [0.29, 0.717) is 29.3 Å². The van der Waals surface area contributed by atoms with E-state index in [1.54, 1.807) is 18.2 Å². The number of rotatable bonds is 4. The number of para-hydroxylation sites is 2. The summed E-state index contributed by atoms with van der Waals surface area (Å²) in [7, 11) is 0. The zero-order valence-electron chi connectivity index (χ0n) is 13.6. The standard InChI is InChI=1S/C19H16ClN3O2/c1-11-13-10-12(20)6-7-16(13)25-18(11)19(24)21-9-8-17-22-14-4-2-3-5-15(14)23-17/h2-7,10H,8-9H2,1H3,(H,21,24)(H,22,23). The van der Waals surface area contributed by atoms with Gasteiger partial charge in [-0.1, -0.05) is 23.7 Å². The normalized spacial score (nSPS) is 11.3. The summed E-state index contributed by atoms with van der Waals surface area (Å²) in [4.78, 5) is 20.2. The van der Waals surface area contributed by atoms with Gasteiger partial charge in [0.2, 0.25) is 0 Å². The second kappa shape index (κ2) is 6.26. The van der Waals surface area contributed by atoms with E-state index in [2.05, 4.69) is 15.3 Å². The number of halogens is 1. The van der Waals surface area contributed by atoms with Gasteiger partial charge in [-0.2, -0.15) is 0 Å². The molecule has 25 heavy (non-hydrogen) atoms. The fourth-order valence-electron chi connectivity index (χ4n) is 2.91. The van der Waals surface area contributed by atoms with Gasteiger partial charge in [0.05, 0.1) is 11.0 Å². The van der Waals surface area contributed by atoms with Crippen LogP contribution in [-0.2, 0) is 6.42 Å². The van der Waals surface area contributed by atoms with Crippen LogP contribution in [0.1, 0.15) is 21.9 Å². The largest absolute Gasteiger partial charge is 0.451 e. The molecule has 0 aliphatic rings. The Balaban J connectivity index is 1.46. The molecule has 0 atom stereocenters. The molecular weight excluding hydrogens is 338 g/mol. The lowest BCUT2D eigenvalue weighted by Gasteiger charge is -2.02. The van der Waals surface area contributed by atoms with Crippen LogP contribution in [-0.4, -0.2) is 22.4 Å². The van der Waals surface area contributed by atoms with E-state index in [0.717, 1.165) is 27.8 Å². The maximum atomic E-state index is 12.4. The summed E-state index contributed by atoms with van der Waals surface area (Å²) in [6.45, 7) is 2.33. The monoisotopic (exact) mass is 353 g/mol.